The van der Waals surface area contributed by atoms with Crippen LogP contribution in [0.15, 0.2) is 61.7 Å². The van der Waals surface area contributed by atoms with Crippen LogP contribution in [0.4, 0.5) is 5.69 Å². The van der Waals surface area contributed by atoms with Crippen LogP contribution in [0.25, 0.3) is 33.4 Å². The predicted molar refractivity (Wildman–Crippen MR) is 138 cm³/mol. The van der Waals surface area contributed by atoms with Crippen molar-refractivity contribution in [2.75, 3.05) is 18.4 Å². The monoisotopic (exact) mass is 530 g/mol. The Morgan fingerprint density at radius 1 is 0.889 bits per heavy atom. The van der Waals surface area contributed by atoms with Gasteiger partial charge in [0.25, 0.3) is 20.2 Å². The van der Waals surface area contributed by atoms with E-state index < -0.39 is 30.0 Å². The smallest absolute Gasteiger partial charge is 0.295 e. The number of fused-ring (bicyclic) bond motifs is 2. The molecule has 0 saturated heterocycles. The van der Waals surface area contributed by atoms with E-state index in [2.05, 4.69) is 10.3 Å². The molecule has 0 unspecified atom stereocenters. The van der Waals surface area contributed by atoms with Gasteiger partial charge in [-0.15, -0.1) is 0 Å². The summed E-state index contributed by atoms with van der Waals surface area (Å²) in [7, 11) is -9.61. The van der Waals surface area contributed by atoms with Crippen molar-refractivity contribution in [3.63, 3.8) is 0 Å². The van der Waals surface area contributed by atoms with Gasteiger partial charge in [0.15, 0.2) is 0 Å². The van der Waals surface area contributed by atoms with Crippen LogP contribution in [0.2, 0.25) is 0 Å². The third-order valence-electron chi connectivity index (χ3n) is 6.02. The van der Waals surface area contributed by atoms with Crippen LogP contribution in [0.1, 0.15) is 25.0 Å². The quantitative estimate of drug-likeness (QED) is 0.241. The van der Waals surface area contributed by atoms with E-state index in [1.807, 2.05) is 33.8 Å². The normalized spacial score (nSPS) is 13.0. The Hall–Kier alpha value is -3.25. The molecular weight excluding hydrogens is 504 g/mol. The summed E-state index contributed by atoms with van der Waals surface area (Å²) in [4.78, 5) is 3.19. The molecule has 1 aliphatic heterocycles. The molecule has 0 spiro atoms. The lowest BCUT2D eigenvalue weighted by atomic mass is 9.91. The Bertz CT molecular complexity index is 1760. The zero-order chi connectivity index (χ0) is 26.4. The first-order valence-electron chi connectivity index (χ1n) is 11.2. The van der Waals surface area contributed by atoms with Gasteiger partial charge in [-0.05, 0) is 64.1 Å². The maximum absolute atomic E-state index is 12.4. The van der Waals surface area contributed by atoms with Gasteiger partial charge in [-0.25, -0.2) is 0 Å². The van der Waals surface area contributed by atoms with Gasteiger partial charge in [0.05, 0.1) is 10.3 Å². The standard InChI is InChI=1S/C25H26N2O7S2/c1-5-26-20-11-9-18-23(17-8-7-16(35(28,29)30)13-22(17)36(31,32)33)19-10-12-21(27-6-2)15(4)25(19)34-24(18)14(20)3/h7-13,26H,5-6H2,1-4H3,(H,28,29,30)(H,31,32,33). The summed E-state index contributed by atoms with van der Waals surface area (Å²) >= 11 is 0. The molecule has 1 heterocycles. The Morgan fingerprint density at radius 2 is 1.58 bits per heavy atom. The molecule has 190 valence electrons. The molecule has 2 aromatic rings. The van der Waals surface area contributed by atoms with Crippen LogP contribution in [0, 0.1) is 13.8 Å². The van der Waals surface area contributed by atoms with Gasteiger partial charge < -0.3 is 9.73 Å². The fourth-order valence-electron chi connectivity index (χ4n) is 4.37. The van der Waals surface area contributed by atoms with E-state index in [0.717, 1.165) is 34.3 Å². The Morgan fingerprint density at radius 3 is 2.19 bits per heavy atom. The van der Waals surface area contributed by atoms with E-state index in [0.29, 0.717) is 40.9 Å². The maximum Gasteiger partial charge on any atom is 0.295 e. The summed E-state index contributed by atoms with van der Waals surface area (Å²) in [5.74, 6) is 0.476. The lowest BCUT2D eigenvalue weighted by molar-refractivity contribution is 0.481. The van der Waals surface area contributed by atoms with Crippen molar-refractivity contribution < 1.29 is 30.4 Å². The first-order chi connectivity index (χ1) is 16.9. The highest BCUT2D eigenvalue weighted by Crippen LogP contribution is 2.45. The number of benzene rings is 3. The summed E-state index contributed by atoms with van der Waals surface area (Å²) in [5.41, 5.74) is 3.90. The number of nitrogens with one attached hydrogen (secondary N) is 1. The maximum atomic E-state index is 12.4. The fourth-order valence-corrected chi connectivity index (χ4v) is 5.68. The molecule has 2 aromatic carbocycles. The summed E-state index contributed by atoms with van der Waals surface area (Å²) in [5, 5.41) is 4.55. The number of hydrogen-bond donors (Lipinski definition) is 3. The first kappa shape index (κ1) is 25.8. The number of aryl methyl sites for hydroxylation is 1. The van der Waals surface area contributed by atoms with Gasteiger partial charge >= 0.3 is 0 Å². The summed E-state index contributed by atoms with van der Waals surface area (Å²) in [6, 6.07) is 10.3. The molecule has 3 N–H and O–H groups in total. The van der Waals surface area contributed by atoms with Crippen LogP contribution < -0.4 is 10.7 Å². The van der Waals surface area contributed by atoms with Crippen molar-refractivity contribution in [2.45, 2.75) is 37.5 Å². The summed E-state index contributed by atoms with van der Waals surface area (Å²) in [6.45, 7) is 8.83. The van der Waals surface area contributed by atoms with E-state index >= 15 is 0 Å². The van der Waals surface area contributed by atoms with Crippen molar-refractivity contribution in [3.05, 3.63) is 58.9 Å². The van der Waals surface area contributed by atoms with Crippen molar-refractivity contribution in [1.82, 2.24) is 0 Å². The zero-order valence-corrected chi connectivity index (χ0v) is 21.8. The second kappa shape index (κ2) is 9.32. The number of hydrogen-bond acceptors (Lipinski definition) is 7. The van der Waals surface area contributed by atoms with Crippen molar-refractivity contribution in [1.29, 1.82) is 0 Å². The largest absolute Gasteiger partial charge is 0.455 e. The second-order valence-corrected chi connectivity index (χ2v) is 11.1. The van der Waals surface area contributed by atoms with E-state index in [9.17, 15) is 25.9 Å². The molecule has 11 heteroatoms. The highest BCUT2D eigenvalue weighted by molar-refractivity contribution is 7.86. The van der Waals surface area contributed by atoms with Gasteiger partial charge in [0, 0.05) is 52.0 Å². The molecule has 0 amide bonds. The van der Waals surface area contributed by atoms with Crippen LogP contribution in [-0.2, 0) is 20.2 Å². The average molecular weight is 531 g/mol. The van der Waals surface area contributed by atoms with Crippen LogP contribution in [0.3, 0.4) is 0 Å². The molecule has 0 bridgehead atoms. The Kier molecular flexibility index (Phi) is 6.69. The Balaban J connectivity index is 2.26. The van der Waals surface area contributed by atoms with Crippen molar-refractivity contribution in [2.24, 2.45) is 4.99 Å². The number of rotatable bonds is 6. The van der Waals surface area contributed by atoms with Gasteiger partial charge in [0.2, 0.25) is 0 Å². The third kappa shape index (κ3) is 4.50. The number of anilines is 1. The molecule has 4 rings (SSSR count). The van der Waals surface area contributed by atoms with Gasteiger partial charge in [-0.1, -0.05) is 6.07 Å². The van der Waals surface area contributed by atoms with Crippen molar-refractivity contribution in [3.8, 4) is 22.5 Å². The summed E-state index contributed by atoms with van der Waals surface area (Å²) < 4.78 is 74.2. The van der Waals surface area contributed by atoms with E-state index in [4.69, 9.17) is 4.42 Å². The van der Waals surface area contributed by atoms with E-state index in [-0.39, 0.29) is 5.56 Å². The second-order valence-electron chi connectivity index (χ2n) is 8.29. The van der Waals surface area contributed by atoms with Gasteiger partial charge in [-0.3, -0.25) is 14.1 Å². The number of nitrogens with zero attached hydrogens (tertiary/aromatic N) is 1. The van der Waals surface area contributed by atoms with E-state index in [1.165, 1.54) is 6.07 Å². The topological polar surface area (TPSA) is 146 Å². The van der Waals surface area contributed by atoms with Crippen LogP contribution in [-0.4, -0.2) is 39.0 Å². The molecule has 36 heavy (non-hydrogen) atoms. The minimum atomic E-state index is -4.89. The molecule has 1 aliphatic carbocycles. The molecule has 0 saturated carbocycles. The van der Waals surface area contributed by atoms with Crippen molar-refractivity contribution >= 4 is 36.9 Å². The third-order valence-corrected chi connectivity index (χ3v) is 7.76. The van der Waals surface area contributed by atoms with Crippen LogP contribution >= 0.6 is 0 Å². The molecule has 0 radical (unpaired) electrons. The molecule has 0 aromatic heterocycles. The minimum Gasteiger partial charge on any atom is -0.455 e. The highest BCUT2D eigenvalue weighted by Gasteiger charge is 2.27. The summed E-state index contributed by atoms with van der Waals surface area (Å²) in [6.07, 6.45) is 0. The Labute approximate surface area is 209 Å². The first-order valence-corrected chi connectivity index (χ1v) is 14.1. The molecule has 0 atom stereocenters. The minimum absolute atomic E-state index is 0.0610. The molecular formula is C25H26N2O7S2. The molecule has 0 fully saturated rings. The fraction of sp³-hybridized carbons (Fsp3) is 0.240. The lowest BCUT2D eigenvalue weighted by Gasteiger charge is -2.21. The highest BCUT2D eigenvalue weighted by atomic mass is 32.2. The van der Waals surface area contributed by atoms with Gasteiger partial charge in [0.1, 0.15) is 16.2 Å². The zero-order valence-electron chi connectivity index (χ0n) is 20.2. The molecule has 9 nitrogen and oxygen atoms in total. The van der Waals surface area contributed by atoms with Gasteiger partial charge in [-0.2, -0.15) is 16.8 Å². The average Bonchev–Trinajstić information content (AvgIpc) is 2.80. The molecule has 2 aliphatic rings. The van der Waals surface area contributed by atoms with Crippen LogP contribution in [0.5, 0.6) is 0 Å². The lowest BCUT2D eigenvalue weighted by Crippen LogP contribution is -2.11. The SMILES string of the molecule is CCN=c1ccc2c(-c3ccc(S(=O)(=O)O)cc3S(=O)(=O)O)c3ccc(NCC)c(C)c3oc-2c1C. The van der Waals surface area contributed by atoms with E-state index in [1.54, 1.807) is 18.2 Å². The predicted octanol–water partition coefficient (Wildman–Crippen LogP) is 4.67.